The molecule has 1 aliphatic carbocycles. The van der Waals surface area contributed by atoms with Crippen LogP contribution in [0.15, 0.2) is 35.5 Å². The molecule has 1 unspecified atom stereocenters. The van der Waals surface area contributed by atoms with Crippen molar-refractivity contribution in [2.45, 2.75) is 23.6 Å². The first-order valence-corrected chi connectivity index (χ1v) is 9.62. The molecule has 29 heavy (non-hydrogen) atoms. The maximum absolute atomic E-state index is 14.6. The zero-order valence-corrected chi connectivity index (χ0v) is 16.3. The molecule has 2 heterocycles. The van der Waals surface area contributed by atoms with Crippen molar-refractivity contribution in [2.24, 2.45) is 16.6 Å². The number of halogens is 5. The molecule has 1 aliphatic heterocycles. The Morgan fingerprint density at radius 1 is 1.31 bits per heavy atom. The van der Waals surface area contributed by atoms with Gasteiger partial charge in [-0.15, -0.1) is 0 Å². The first kappa shape index (κ1) is 20.0. The Hall–Kier alpha value is -2.33. The van der Waals surface area contributed by atoms with Crippen molar-refractivity contribution in [3.63, 3.8) is 0 Å². The number of hydrogen-bond acceptors (Lipinski definition) is 5. The highest BCUT2D eigenvalue weighted by Gasteiger charge is 2.77. The number of nitrogens with one attached hydrogen (secondary N) is 1. The van der Waals surface area contributed by atoms with Crippen molar-refractivity contribution < 1.29 is 22.4 Å². The molecule has 4 rings (SSSR count). The summed E-state index contributed by atoms with van der Waals surface area (Å²) in [4.78, 5) is 20.2. The van der Waals surface area contributed by atoms with Crippen molar-refractivity contribution in [3.05, 3.63) is 58.4 Å². The number of aromatic nitrogens is 1. The van der Waals surface area contributed by atoms with Gasteiger partial charge in [-0.2, -0.15) is 0 Å². The summed E-state index contributed by atoms with van der Waals surface area (Å²) in [7, 11) is 0. The predicted molar refractivity (Wildman–Crippen MR) is 102 cm³/mol. The second kappa shape index (κ2) is 6.60. The number of nitrogens with zero attached hydrogens (tertiary/aromatic N) is 2. The summed E-state index contributed by atoms with van der Waals surface area (Å²) in [5.41, 5.74) is 3.31. The van der Waals surface area contributed by atoms with Crippen LogP contribution in [0.5, 0.6) is 0 Å². The molecule has 11 heteroatoms. The molecular weight excluding hydrogens is 432 g/mol. The number of aliphatic imine (C=N–C) groups is 1. The van der Waals surface area contributed by atoms with E-state index in [2.05, 4.69) is 15.3 Å². The molecule has 2 aliphatic rings. The number of alkyl halides is 2. The van der Waals surface area contributed by atoms with Crippen molar-refractivity contribution in [3.8, 4) is 0 Å². The fourth-order valence-electron chi connectivity index (χ4n) is 3.53. The van der Waals surface area contributed by atoms with E-state index in [0.29, 0.717) is 16.8 Å². The summed E-state index contributed by atoms with van der Waals surface area (Å²) < 4.78 is 57.3. The van der Waals surface area contributed by atoms with Gasteiger partial charge in [0.25, 0.3) is 11.8 Å². The van der Waals surface area contributed by atoms with Crippen LogP contribution >= 0.6 is 23.4 Å². The lowest BCUT2D eigenvalue weighted by Crippen LogP contribution is -2.33. The first-order chi connectivity index (χ1) is 13.5. The minimum Gasteiger partial charge on any atom is -0.379 e. The van der Waals surface area contributed by atoms with E-state index in [-0.39, 0.29) is 16.5 Å². The van der Waals surface area contributed by atoms with E-state index in [1.807, 2.05) is 0 Å². The summed E-state index contributed by atoms with van der Waals surface area (Å²) in [5.74, 6) is -7.80. The third kappa shape index (κ3) is 3.24. The number of carbonyl (C=O) groups excluding carboxylic acids is 1. The molecule has 0 spiro atoms. The Kier molecular flexibility index (Phi) is 4.54. The zero-order valence-electron chi connectivity index (χ0n) is 14.7. The molecule has 1 aromatic heterocycles. The van der Waals surface area contributed by atoms with Gasteiger partial charge in [0.15, 0.2) is 16.8 Å². The van der Waals surface area contributed by atoms with Crippen LogP contribution in [0.2, 0.25) is 5.02 Å². The Balaban J connectivity index is 1.72. The smallest absolute Gasteiger partial charge is 0.274 e. The predicted octanol–water partition coefficient (Wildman–Crippen LogP) is 4.18. The molecular formula is C18H13ClF4N4OS. The van der Waals surface area contributed by atoms with Crippen LogP contribution in [0.25, 0.3) is 0 Å². The van der Waals surface area contributed by atoms with Gasteiger partial charge >= 0.3 is 0 Å². The minimum atomic E-state index is -3.13. The molecule has 152 valence electrons. The van der Waals surface area contributed by atoms with Crippen LogP contribution in [0.1, 0.15) is 23.0 Å². The summed E-state index contributed by atoms with van der Waals surface area (Å²) in [6.07, 6.45) is 1.25. The van der Waals surface area contributed by atoms with Gasteiger partial charge in [-0.05, 0) is 25.1 Å². The number of benzene rings is 1. The van der Waals surface area contributed by atoms with Gasteiger partial charge in [0.2, 0.25) is 0 Å². The monoisotopic (exact) mass is 444 g/mol. The Bertz CT molecular complexity index is 1050. The van der Waals surface area contributed by atoms with E-state index < -0.39 is 45.7 Å². The van der Waals surface area contributed by atoms with E-state index in [1.165, 1.54) is 25.3 Å². The van der Waals surface area contributed by atoms with Crippen molar-refractivity contribution >= 4 is 40.1 Å². The molecule has 2 aromatic rings. The van der Waals surface area contributed by atoms with E-state index in [1.54, 1.807) is 0 Å². The lowest BCUT2D eigenvalue weighted by Gasteiger charge is -2.29. The van der Waals surface area contributed by atoms with Crippen LogP contribution in [0.3, 0.4) is 0 Å². The number of carbonyl (C=O) groups is 1. The Morgan fingerprint density at radius 2 is 2.03 bits per heavy atom. The van der Waals surface area contributed by atoms with Crippen molar-refractivity contribution in [2.75, 3.05) is 5.32 Å². The third-order valence-corrected chi connectivity index (χ3v) is 6.37. The van der Waals surface area contributed by atoms with E-state index in [9.17, 15) is 22.4 Å². The van der Waals surface area contributed by atoms with Gasteiger partial charge in [0.1, 0.15) is 5.69 Å². The summed E-state index contributed by atoms with van der Waals surface area (Å²) >= 11 is 6.43. The quantitative estimate of drug-likeness (QED) is 0.696. The highest BCUT2D eigenvalue weighted by Crippen LogP contribution is 2.67. The fraction of sp³-hybridized carbons (Fsp3) is 0.278. The van der Waals surface area contributed by atoms with Gasteiger partial charge in [-0.1, -0.05) is 23.4 Å². The maximum atomic E-state index is 14.6. The summed E-state index contributed by atoms with van der Waals surface area (Å²) in [6, 6.07) is 4.62. The number of fused-ring (bicyclic) bond motifs is 1. The number of amidine groups is 1. The van der Waals surface area contributed by atoms with Crippen LogP contribution < -0.4 is 11.1 Å². The number of rotatable bonds is 3. The number of thioether (sulfide) groups is 1. The van der Waals surface area contributed by atoms with E-state index >= 15 is 0 Å². The van der Waals surface area contributed by atoms with Crippen LogP contribution in [-0.2, 0) is 5.54 Å². The van der Waals surface area contributed by atoms with Gasteiger partial charge in [-0.3, -0.25) is 9.79 Å². The number of hydrogen-bond donors (Lipinski definition) is 2. The highest BCUT2D eigenvalue weighted by molar-refractivity contribution is 8.14. The second-order valence-corrected chi connectivity index (χ2v) is 8.52. The fourth-order valence-corrected chi connectivity index (χ4v) is 4.95. The normalized spacial score (nSPS) is 27.0. The Morgan fingerprint density at radius 3 is 2.69 bits per heavy atom. The standard InChI is InChI=1S/C18H13ClF4N4OS/c1-17(13-14(18(13,22)23)29-16(24)27-17)9-4-8(5-10(20)12(9)21)26-15(28)11-3-2-7(19)6-25-11/h2-6,13-14H,1H3,(H2,24,27)(H,26,28)/t13?,14-,17-/m1/s1. The van der Waals surface area contributed by atoms with Gasteiger partial charge in [-0.25, -0.2) is 22.5 Å². The lowest BCUT2D eigenvalue weighted by atomic mass is 9.86. The minimum absolute atomic E-state index is 0.0167. The number of amides is 1. The van der Waals surface area contributed by atoms with Crippen LogP contribution in [0.4, 0.5) is 23.2 Å². The lowest BCUT2D eigenvalue weighted by molar-refractivity contribution is 0.0817. The largest absolute Gasteiger partial charge is 0.379 e. The van der Waals surface area contributed by atoms with Crippen LogP contribution in [-0.4, -0.2) is 27.2 Å². The molecule has 0 bridgehead atoms. The average Bonchev–Trinajstić information content (AvgIpc) is 3.19. The first-order valence-electron chi connectivity index (χ1n) is 8.36. The van der Waals surface area contributed by atoms with E-state index in [0.717, 1.165) is 12.1 Å². The Labute approximate surface area is 171 Å². The van der Waals surface area contributed by atoms with Gasteiger partial charge < -0.3 is 11.1 Å². The molecule has 0 saturated heterocycles. The summed E-state index contributed by atoms with van der Waals surface area (Å²) in [5, 5.41) is 1.40. The molecule has 1 amide bonds. The second-order valence-electron chi connectivity index (χ2n) is 6.92. The van der Waals surface area contributed by atoms with Crippen LogP contribution in [0, 0.1) is 17.6 Å². The maximum Gasteiger partial charge on any atom is 0.274 e. The summed E-state index contributed by atoms with van der Waals surface area (Å²) in [6.45, 7) is 1.28. The molecule has 1 saturated carbocycles. The van der Waals surface area contributed by atoms with Crippen molar-refractivity contribution in [1.82, 2.24) is 4.98 Å². The SMILES string of the molecule is C[C@]1(c2cc(NC(=O)c3ccc(Cl)cn3)cc(F)c2F)N=C(N)S[C@@H]2C1C2(F)F. The van der Waals surface area contributed by atoms with Gasteiger partial charge in [0, 0.05) is 23.5 Å². The highest BCUT2D eigenvalue weighted by atomic mass is 35.5. The van der Waals surface area contributed by atoms with Crippen molar-refractivity contribution in [1.29, 1.82) is 0 Å². The average molecular weight is 445 g/mol. The molecule has 3 N–H and O–H groups in total. The number of anilines is 1. The topological polar surface area (TPSA) is 80.4 Å². The zero-order chi connectivity index (χ0) is 21.1. The molecule has 3 atom stereocenters. The number of pyridine rings is 1. The molecule has 1 fully saturated rings. The van der Waals surface area contributed by atoms with E-state index in [4.69, 9.17) is 17.3 Å². The third-order valence-electron chi connectivity index (χ3n) is 4.97. The molecule has 0 radical (unpaired) electrons. The number of nitrogens with two attached hydrogens (primary N) is 1. The van der Waals surface area contributed by atoms with Gasteiger partial charge in [0.05, 0.1) is 21.7 Å². The molecule has 5 nitrogen and oxygen atoms in total. The molecule has 1 aromatic carbocycles.